The Morgan fingerprint density at radius 1 is 1.00 bits per heavy atom. The quantitative estimate of drug-likeness (QED) is 0.561. The Morgan fingerprint density at radius 2 is 1.71 bits per heavy atom. The van der Waals surface area contributed by atoms with Crippen LogP contribution in [0.5, 0.6) is 0 Å². The fourth-order valence-electron chi connectivity index (χ4n) is 3.66. The van der Waals surface area contributed by atoms with E-state index in [-0.39, 0.29) is 23.9 Å². The Hall–Kier alpha value is -3.61. The summed E-state index contributed by atoms with van der Waals surface area (Å²) in [4.78, 5) is 39.8. The lowest BCUT2D eigenvalue weighted by Gasteiger charge is -2.16. The van der Waals surface area contributed by atoms with Gasteiger partial charge in [0.05, 0.1) is 18.2 Å². The van der Waals surface area contributed by atoms with Crippen molar-refractivity contribution >= 4 is 28.6 Å². The topological polar surface area (TPSA) is 97.5 Å². The van der Waals surface area contributed by atoms with Gasteiger partial charge in [0.25, 0.3) is 5.91 Å². The number of fused-ring (bicyclic) bond motifs is 1. The summed E-state index contributed by atoms with van der Waals surface area (Å²) in [6.45, 7) is 6.69. The van der Waals surface area contributed by atoms with Gasteiger partial charge in [0.15, 0.2) is 6.61 Å². The van der Waals surface area contributed by atoms with Crippen LogP contribution >= 0.6 is 0 Å². The number of hydrogen-bond donors (Lipinski definition) is 2. The molecule has 0 fully saturated rings. The second-order valence-electron chi connectivity index (χ2n) is 7.28. The van der Waals surface area contributed by atoms with Crippen LogP contribution in [-0.2, 0) is 14.3 Å². The molecule has 7 nitrogen and oxygen atoms in total. The van der Waals surface area contributed by atoms with Crippen molar-refractivity contribution < 1.29 is 23.9 Å². The van der Waals surface area contributed by atoms with Gasteiger partial charge in [0, 0.05) is 5.69 Å². The highest BCUT2D eigenvalue weighted by Gasteiger charge is 2.24. The third-order valence-electron chi connectivity index (χ3n) is 5.12. The van der Waals surface area contributed by atoms with Gasteiger partial charge in [0.2, 0.25) is 0 Å². The molecule has 0 saturated carbocycles. The smallest absolute Gasteiger partial charge is 0.355 e. The summed E-state index contributed by atoms with van der Waals surface area (Å²) in [5.41, 5.74) is 2.34. The number of aryl methyl sites for hydroxylation is 1. The third kappa shape index (κ3) is 4.77. The molecule has 3 rings (SSSR count). The van der Waals surface area contributed by atoms with E-state index in [2.05, 4.69) is 10.3 Å². The van der Waals surface area contributed by atoms with Crippen LogP contribution in [0.15, 0.2) is 42.5 Å². The van der Waals surface area contributed by atoms with Gasteiger partial charge in [-0.15, -0.1) is 0 Å². The van der Waals surface area contributed by atoms with E-state index in [1.807, 2.05) is 49.4 Å². The zero-order chi connectivity index (χ0) is 22.5. The molecule has 0 radical (unpaired) electrons. The highest BCUT2D eigenvalue weighted by molar-refractivity contribution is 5.99. The van der Waals surface area contributed by atoms with Crippen molar-refractivity contribution in [2.75, 3.05) is 13.2 Å². The molecule has 1 heterocycles. The van der Waals surface area contributed by atoms with Crippen molar-refractivity contribution in [3.63, 3.8) is 0 Å². The second kappa shape index (κ2) is 9.47. The lowest BCUT2D eigenvalue weighted by atomic mass is 10.00. The molecular weight excluding hydrogens is 396 g/mol. The molecule has 0 bridgehead atoms. The summed E-state index contributed by atoms with van der Waals surface area (Å²) in [7, 11) is 0. The van der Waals surface area contributed by atoms with Gasteiger partial charge in [-0.1, -0.05) is 42.5 Å². The monoisotopic (exact) mass is 422 g/mol. The second-order valence-corrected chi connectivity index (χ2v) is 7.28. The number of hydrogen-bond acceptors (Lipinski definition) is 5. The first-order chi connectivity index (χ1) is 14.8. The van der Waals surface area contributed by atoms with Crippen LogP contribution < -0.4 is 5.32 Å². The molecule has 162 valence electrons. The minimum atomic E-state index is -0.672. The molecule has 1 atom stereocenters. The van der Waals surface area contributed by atoms with E-state index < -0.39 is 24.5 Å². The number of aromatic nitrogens is 1. The van der Waals surface area contributed by atoms with Gasteiger partial charge in [-0.05, 0) is 49.6 Å². The Kier molecular flexibility index (Phi) is 6.74. The first-order valence-corrected chi connectivity index (χ1v) is 10.1. The van der Waals surface area contributed by atoms with E-state index in [0.29, 0.717) is 11.3 Å². The maximum atomic E-state index is 12.5. The van der Waals surface area contributed by atoms with E-state index in [0.717, 1.165) is 16.3 Å². The predicted octanol–water partition coefficient (Wildman–Crippen LogP) is 4.00. The van der Waals surface area contributed by atoms with Crippen LogP contribution in [0, 0.1) is 13.8 Å². The molecule has 1 amide bonds. The standard InChI is InChI=1S/C24H26N2O5/c1-5-30-24(29)22-14(2)21(16(4)26-22)23(28)31-13-20(27)25-15(3)18-12-8-10-17-9-6-7-11-19(17)18/h6-12,15,26H,5,13H2,1-4H3,(H,25,27)/t15-/m0/s1. The van der Waals surface area contributed by atoms with Crippen LogP contribution in [0.1, 0.15) is 57.6 Å². The van der Waals surface area contributed by atoms with Gasteiger partial charge in [-0.2, -0.15) is 0 Å². The van der Waals surface area contributed by atoms with Crippen LogP contribution in [0.4, 0.5) is 0 Å². The lowest BCUT2D eigenvalue weighted by molar-refractivity contribution is -0.124. The van der Waals surface area contributed by atoms with Gasteiger partial charge >= 0.3 is 11.9 Å². The lowest BCUT2D eigenvalue weighted by Crippen LogP contribution is -2.31. The van der Waals surface area contributed by atoms with Crippen molar-refractivity contribution in [2.45, 2.75) is 33.7 Å². The Balaban J connectivity index is 1.64. The highest BCUT2D eigenvalue weighted by atomic mass is 16.5. The van der Waals surface area contributed by atoms with Crippen LogP contribution in [0.2, 0.25) is 0 Å². The average molecular weight is 422 g/mol. The van der Waals surface area contributed by atoms with E-state index in [1.54, 1.807) is 20.8 Å². The predicted molar refractivity (Wildman–Crippen MR) is 117 cm³/mol. The van der Waals surface area contributed by atoms with E-state index in [9.17, 15) is 14.4 Å². The highest BCUT2D eigenvalue weighted by Crippen LogP contribution is 2.24. The minimum absolute atomic E-state index is 0.209. The molecule has 0 saturated heterocycles. The largest absolute Gasteiger partial charge is 0.461 e. The molecule has 7 heteroatoms. The molecule has 0 aliphatic rings. The van der Waals surface area contributed by atoms with Crippen molar-refractivity contribution in [1.82, 2.24) is 10.3 Å². The summed E-state index contributed by atoms with van der Waals surface area (Å²) in [5.74, 6) is -1.62. The number of nitrogens with one attached hydrogen (secondary N) is 2. The normalized spacial score (nSPS) is 11.7. The number of H-pyrrole nitrogens is 1. The maximum Gasteiger partial charge on any atom is 0.355 e. The zero-order valence-corrected chi connectivity index (χ0v) is 18.1. The summed E-state index contributed by atoms with van der Waals surface area (Å²) in [6.07, 6.45) is 0. The van der Waals surface area contributed by atoms with Crippen molar-refractivity contribution in [3.8, 4) is 0 Å². The van der Waals surface area contributed by atoms with Crippen LogP contribution in [0.25, 0.3) is 10.8 Å². The number of ether oxygens (including phenoxy) is 2. The summed E-state index contributed by atoms with van der Waals surface area (Å²) in [5, 5.41) is 5.01. The van der Waals surface area contributed by atoms with Gasteiger partial charge in [0.1, 0.15) is 5.69 Å². The maximum absolute atomic E-state index is 12.5. The molecule has 0 spiro atoms. The summed E-state index contributed by atoms with van der Waals surface area (Å²) < 4.78 is 10.2. The number of aromatic amines is 1. The summed E-state index contributed by atoms with van der Waals surface area (Å²) in [6, 6.07) is 13.6. The zero-order valence-electron chi connectivity index (χ0n) is 18.1. The molecule has 0 unspecified atom stereocenters. The third-order valence-corrected chi connectivity index (χ3v) is 5.12. The van der Waals surface area contributed by atoms with Crippen LogP contribution in [0.3, 0.4) is 0 Å². The molecule has 2 aromatic carbocycles. The van der Waals surface area contributed by atoms with Crippen molar-refractivity contribution in [2.24, 2.45) is 0 Å². The van der Waals surface area contributed by atoms with E-state index in [1.165, 1.54) is 0 Å². The van der Waals surface area contributed by atoms with Gasteiger partial charge in [-0.25, -0.2) is 9.59 Å². The Morgan fingerprint density at radius 3 is 2.45 bits per heavy atom. The first-order valence-electron chi connectivity index (χ1n) is 10.1. The fourth-order valence-corrected chi connectivity index (χ4v) is 3.66. The molecule has 31 heavy (non-hydrogen) atoms. The van der Waals surface area contributed by atoms with Crippen LogP contribution in [-0.4, -0.2) is 36.0 Å². The Bertz CT molecular complexity index is 1130. The van der Waals surface area contributed by atoms with Gasteiger partial charge < -0.3 is 19.8 Å². The molecular formula is C24H26N2O5. The Labute approximate surface area is 180 Å². The number of esters is 2. The number of carbonyl (C=O) groups is 3. The number of amides is 1. The first kappa shape index (κ1) is 22.1. The van der Waals surface area contributed by atoms with Crippen molar-refractivity contribution in [1.29, 1.82) is 0 Å². The number of carbonyl (C=O) groups excluding carboxylic acids is 3. The number of rotatable bonds is 7. The van der Waals surface area contributed by atoms with E-state index in [4.69, 9.17) is 9.47 Å². The molecule has 1 aromatic heterocycles. The minimum Gasteiger partial charge on any atom is -0.461 e. The van der Waals surface area contributed by atoms with E-state index >= 15 is 0 Å². The number of benzene rings is 2. The molecule has 2 N–H and O–H groups in total. The molecule has 3 aromatic rings. The molecule has 0 aliphatic carbocycles. The average Bonchev–Trinajstić information content (AvgIpc) is 3.05. The van der Waals surface area contributed by atoms with Crippen molar-refractivity contribution in [3.05, 3.63) is 70.5 Å². The molecule has 0 aliphatic heterocycles. The summed E-state index contributed by atoms with van der Waals surface area (Å²) >= 11 is 0. The fraction of sp³-hybridized carbons (Fsp3) is 0.292. The SMILES string of the molecule is CCOC(=O)c1[nH]c(C)c(C(=O)OCC(=O)N[C@@H](C)c2cccc3ccccc23)c1C. The van der Waals surface area contributed by atoms with Gasteiger partial charge in [-0.3, -0.25) is 4.79 Å².